The molecule has 2 nitrogen and oxygen atoms in total. The summed E-state index contributed by atoms with van der Waals surface area (Å²) in [6, 6.07) is 35.5. The Balaban J connectivity index is 0.000000229. The third-order valence-corrected chi connectivity index (χ3v) is 16.2. The van der Waals surface area contributed by atoms with Crippen molar-refractivity contribution in [2.45, 2.75) is 240 Å². The van der Waals surface area contributed by atoms with Crippen molar-refractivity contribution in [1.29, 1.82) is 0 Å². The largest absolute Gasteiger partial charge is 0.451 e. The highest BCUT2D eigenvalue weighted by atomic mass is 16.6. The Bertz CT molecular complexity index is 2180. The molecule has 0 bridgehead atoms. The average Bonchev–Trinajstić information content (AvgIpc) is 3.59. The predicted octanol–water partition coefficient (Wildman–Crippen LogP) is 21.7. The van der Waals surface area contributed by atoms with E-state index in [1.807, 2.05) is 32.0 Å². The molecule has 0 radical (unpaired) electrons. The molecular formula is C70H110O2. The van der Waals surface area contributed by atoms with Gasteiger partial charge in [-0.15, -0.1) is 0 Å². The number of carbonyl (C=O) groups excluding carboxylic acids is 1. The first-order chi connectivity index (χ1) is 32.4. The molecular weight excluding hydrogens is 873 g/mol. The van der Waals surface area contributed by atoms with Crippen molar-refractivity contribution in [3.8, 4) is 11.1 Å². The molecule has 5 aliphatic rings. The second kappa shape index (κ2) is 23.9. The van der Waals surface area contributed by atoms with Gasteiger partial charge in [-0.2, -0.15) is 0 Å². The highest BCUT2D eigenvalue weighted by Gasteiger charge is 2.39. The molecule has 0 amide bonds. The standard InChI is InChI=1S/C15H14.C12H24.2C11H22.C10H10O2.C10H14.CH4/c1-15(2)13-9-5-3-7-11(13)12-8-4-6-10-14(12)15;1-11(2,3)10-7-6-8-12(4,5)9-10;2*1-9-6-10(2,3)8-11(4,5)7-9;1-10(2)8-6-4-3-5-7(8)9(11)12-10;1-10(2,3)9-7-5-4-6-8-9;/h3-10H,1-2H3;10H,6-9H2,1-5H3;2*9H,6-8H2,1-5H3;3-6H,1-2H3;4-8H,1-3H3;1H4. The van der Waals surface area contributed by atoms with Crippen LogP contribution in [0.4, 0.5) is 0 Å². The van der Waals surface area contributed by atoms with Gasteiger partial charge < -0.3 is 4.74 Å². The first-order valence-corrected chi connectivity index (χ1v) is 27.9. The van der Waals surface area contributed by atoms with Gasteiger partial charge in [-0.3, -0.25) is 0 Å². The number of hydrogen-bond donors (Lipinski definition) is 0. The van der Waals surface area contributed by atoms with Gasteiger partial charge in [-0.1, -0.05) is 249 Å². The summed E-state index contributed by atoms with van der Waals surface area (Å²) in [4.78, 5) is 11.3. The van der Waals surface area contributed by atoms with Crippen LogP contribution in [0.2, 0.25) is 0 Å². The molecule has 402 valence electrons. The molecule has 2 heteroatoms. The summed E-state index contributed by atoms with van der Waals surface area (Å²) in [5, 5.41) is 0. The summed E-state index contributed by atoms with van der Waals surface area (Å²) in [6.07, 6.45) is 14.2. The highest BCUT2D eigenvalue weighted by Crippen LogP contribution is 2.50. The summed E-state index contributed by atoms with van der Waals surface area (Å²) >= 11 is 0. The van der Waals surface area contributed by atoms with Gasteiger partial charge in [-0.25, -0.2) is 4.79 Å². The Morgan fingerprint density at radius 2 is 0.819 bits per heavy atom. The fourth-order valence-corrected chi connectivity index (χ4v) is 14.4. The van der Waals surface area contributed by atoms with Crippen molar-refractivity contribution >= 4 is 5.97 Å². The predicted molar refractivity (Wildman–Crippen MR) is 317 cm³/mol. The fraction of sp³-hybridized carbons (Fsp3) is 0.643. The maximum absolute atomic E-state index is 11.3. The van der Waals surface area contributed by atoms with Crippen LogP contribution < -0.4 is 0 Å². The summed E-state index contributed by atoms with van der Waals surface area (Å²) in [7, 11) is 0. The third kappa shape index (κ3) is 18.3. The number of ether oxygens (including phenoxy) is 1. The molecule has 1 unspecified atom stereocenters. The maximum atomic E-state index is 11.3. The zero-order valence-electron chi connectivity index (χ0n) is 49.9. The van der Waals surface area contributed by atoms with Gasteiger partial charge in [0, 0.05) is 11.0 Å². The van der Waals surface area contributed by atoms with E-state index < -0.39 is 5.60 Å². The third-order valence-electron chi connectivity index (χ3n) is 16.2. The molecule has 4 aliphatic carbocycles. The minimum Gasteiger partial charge on any atom is -0.451 e. The number of esters is 1. The van der Waals surface area contributed by atoms with Gasteiger partial charge in [-0.05, 0) is 161 Å². The molecule has 1 heterocycles. The summed E-state index contributed by atoms with van der Waals surface area (Å²) < 4.78 is 5.18. The van der Waals surface area contributed by atoms with Gasteiger partial charge in [0.1, 0.15) is 5.60 Å². The highest BCUT2D eigenvalue weighted by molar-refractivity contribution is 5.94. The summed E-state index contributed by atoms with van der Waals surface area (Å²) in [5.74, 6) is 2.58. The second-order valence-corrected chi connectivity index (χ2v) is 30.1. The lowest BCUT2D eigenvalue weighted by Crippen LogP contribution is -2.32. The van der Waals surface area contributed by atoms with Crippen molar-refractivity contribution < 1.29 is 9.53 Å². The second-order valence-electron chi connectivity index (χ2n) is 30.1. The number of hydrogen-bond acceptors (Lipinski definition) is 2. The SMILES string of the molecule is C.CC(C)(C)c1ccccc1.CC1(C)CCCC(C(C)(C)C)C1.CC1(C)OC(=O)c2ccccc21.CC1(C)c2ccccc2-c2ccccc21.CC1CC(C)(C)CC(C)(C)C1.CC1CC(C)(C)CC(C)(C)C1. The molecule has 1 aliphatic heterocycles. The van der Waals surface area contributed by atoms with E-state index in [9.17, 15) is 4.79 Å². The Labute approximate surface area is 446 Å². The molecule has 3 saturated carbocycles. The normalized spacial score (nSPS) is 22.3. The van der Waals surface area contributed by atoms with Crippen molar-refractivity contribution in [2.75, 3.05) is 0 Å². The lowest BCUT2D eigenvalue weighted by atomic mass is 9.62. The number of benzene rings is 4. The first-order valence-electron chi connectivity index (χ1n) is 27.9. The van der Waals surface area contributed by atoms with Gasteiger partial charge in [0.2, 0.25) is 0 Å². The fourth-order valence-electron chi connectivity index (χ4n) is 14.4. The van der Waals surface area contributed by atoms with Crippen LogP contribution in [-0.4, -0.2) is 5.97 Å². The average molecular weight is 984 g/mol. The summed E-state index contributed by atoms with van der Waals surface area (Å²) in [5.41, 5.74) is 12.3. The minimum atomic E-state index is -0.451. The van der Waals surface area contributed by atoms with Crippen molar-refractivity contribution in [1.82, 2.24) is 0 Å². The maximum Gasteiger partial charge on any atom is 0.339 e. The Kier molecular flexibility index (Phi) is 20.8. The first kappa shape index (κ1) is 62.6. The molecule has 0 aromatic heterocycles. The molecule has 0 spiro atoms. The van der Waals surface area contributed by atoms with Crippen LogP contribution in [0, 0.1) is 50.2 Å². The van der Waals surface area contributed by atoms with E-state index in [1.54, 1.807) is 6.07 Å². The molecule has 72 heavy (non-hydrogen) atoms. The summed E-state index contributed by atoms with van der Waals surface area (Å²) in [6.45, 7) is 51.1. The van der Waals surface area contributed by atoms with E-state index in [2.05, 4.69) is 217 Å². The van der Waals surface area contributed by atoms with Gasteiger partial charge >= 0.3 is 5.97 Å². The molecule has 0 N–H and O–H groups in total. The lowest BCUT2D eigenvalue weighted by Gasteiger charge is -2.44. The minimum absolute atomic E-state index is 0. The van der Waals surface area contributed by atoms with Crippen LogP contribution in [0.3, 0.4) is 0 Å². The van der Waals surface area contributed by atoms with Gasteiger partial charge in [0.15, 0.2) is 0 Å². The quantitative estimate of drug-likeness (QED) is 0.164. The van der Waals surface area contributed by atoms with Crippen LogP contribution in [0.1, 0.15) is 257 Å². The van der Waals surface area contributed by atoms with E-state index in [0.29, 0.717) is 43.5 Å². The lowest BCUT2D eigenvalue weighted by molar-refractivity contribution is 0.00951. The monoisotopic (exact) mass is 983 g/mol. The Morgan fingerprint density at radius 3 is 1.14 bits per heavy atom. The van der Waals surface area contributed by atoms with Crippen LogP contribution in [0.25, 0.3) is 11.1 Å². The van der Waals surface area contributed by atoms with E-state index >= 15 is 0 Å². The number of fused-ring (bicyclic) bond motifs is 4. The topological polar surface area (TPSA) is 26.3 Å². The number of cyclic esters (lactones) is 1. The van der Waals surface area contributed by atoms with Gasteiger partial charge in [0.25, 0.3) is 0 Å². The van der Waals surface area contributed by atoms with Gasteiger partial charge in [0.05, 0.1) is 5.56 Å². The molecule has 1 atom stereocenters. The zero-order valence-corrected chi connectivity index (χ0v) is 49.9. The molecule has 4 aromatic carbocycles. The van der Waals surface area contributed by atoms with Crippen molar-refractivity contribution in [2.24, 2.45) is 50.2 Å². The van der Waals surface area contributed by atoms with Crippen LogP contribution >= 0.6 is 0 Å². The Hall–Kier alpha value is -3.65. The van der Waals surface area contributed by atoms with Crippen molar-refractivity contribution in [3.63, 3.8) is 0 Å². The van der Waals surface area contributed by atoms with E-state index in [4.69, 9.17) is 4.74 Å². The molecule has 0 saturated heterocycles. The van der Waals surface area contributed by atoms with Crippen LogP contribution in [0.15, 0.2) is 103 Å². The number of carbonyl (C=O) groups is 1. The van der Waals surface area contributed by atoms with Crippen molar-refractivity contribution in [3.05, 3.63) is 131 Å². The van der Waals surface area contributed by atoms with E-state index in [-0.39, 0.29) is 18.8 Å². The number of rotatable bonds is 0. The smallest absolute Gasteiger partial charge is 0.339 e. The van der Waals surface area contributed by atoms with E-state index in [0.717, 1.165) is 23.3 Å². The van der Waals surface area contributed by atoms with Crippen LogP contribution in [-0.2, 0) is 21.2 Å². The molecule has 9 rings (SSSR count). The van der Waals surface area contributed by atoms with E-state index in [1.165, 1.54) is 92.0 Å². The van der Waals surface area contributed by atoms with Crippen LogP contribution in [0.5, 0.6) is 0 Å². The zero-order chi connectivity index (χ0) is 53.6. The Morgan fingerprint density at radius 1 is 0.458 bits per heavy atom. The molecule has 4 aromatic rings. The molecule has 3 fully saturated rings.